The third-order valence-electron chi connectivity index (χ3n) is 4.53. The van der Waals surface area contributed by atoms with E-state index in [0.29, 0.717) is 17.2 Å². The summed E-state index contributed by atoms with van der Waals surface area (Å²) in [6.07, 6.45) is 6.14. The normalized spacial score (nSPS) is 10.7. The van der Waals surface area contributed by atoms with E-state index in [1.807, 2.05) is 35.9 Å². The predicted octanol–water partition coefficient (Wildman–Crippen LogP) is 5.10. The lowest BCUT2D eigenvalue weighted by Gasteiger charge is -2.20. The number of hydrogen-bond donors (Lipinski definition) is 0. The van der Waals surface area contributed by atoms with E-state index in [9.17, 15) is 9.18 Å². The average Bonchev–Trinajstić information content (AvgIpc) is 3.36. The molecule has 0 aliphatic carbocycles. The number of carbonyl (C=O) groups is 1. The molecule has 8 heteroatoms. The lowest BCUT2D eigenvalue weighted by molar-refractivity contribution is 0.0986. The Hall–Kier alpha value is -2.77. The number of aryl methyl sites for hydroxylation is 2. The smallest absolute Gasteiger partial charge is 0.260 e. The number of hydrogen-bond acceptors (Lipinski definition) is 4. The highest BCUT2D eigenvalue weighted by molar-refractivity contribution is 7.22. The Morgan fingerprint density at radius 2 is 2.00 bits per heavy atom. The average molecular weight is 431 g/mol. The van der Waals surface area contributed by atoms with Gasteiger partial charge in [-0.1, -0.05) is 23.5 Å². The molecule has 2 aromatic carbocycles. The van der Waals surface area contributed by atoms with Crippen molar-refractivity contribution in [2.45, 2.75) is 19.9 Å². The molecular weight excluding hydrogens is 411 g/mol. The van der Waals surface area contributed by atoms with Crippen LogP contribution in [0.4, 0.5) is 9.52 Å². The Morgan fingerprint density at radius 3 is 2.69 bits per heavy atom. The number of halogens is 2. The number of imidazole rings is 1. The van der Waals surface area contributed by atoms with Crippen molar-refractivity contribution in [1.82, 2.24) is 14.5 Å². The highest BCUT2D eigenvalue weighted by Gasteiger charge is 2.21. The molecule has 5 nitrogen and oxygen atoms in total. The molecular formula is C21H20ClFN4OS. The second kappa shape index (κ2) is 9.15. The zero-order valence-electron chi connectivity index (χ0n) is 15.8. The number of fused-ring (bicyclic) bond motifs is 1. The molecule has 4 aromatic rings. The molecule has 2 aromatic heterocycles. The van der Waals surface area contributed by atoms with Crippen molar-refractivity contribution >= 4 is 45.0 Å². The Morgan fingerprint density at radius 1 is 1.21 bits per heavy atom. The van der Waals surface area contributed by atoms with Crippen molar-refractivity contribution in [2.75, 3.05) is 11.4 Å². The number of carbonyl (C=O) groups excluding carboxylic acids is 1. The predicted molar refractivity (Wildman–Crippen MR) is 117 cm³/mol. The molecule has 0 bridgehead atoms. The van der Waals surface area contributed by atoms with Crippen LogP contribution in [0.5, 0.6) is 0 Å². The van der Waals surface area contributed by atoms with Gasteiger partial charge >= 0.3 is 0 Å². The Kier molecular flexibility index (Phi) is 6.61. The Balaban J connectivity index is 0.00000240. The summed E-state index contributed by atoms with van der Waals surface area (Å²) in [7, 11) is 0. The summed E-state index contributed by atoms with van der Waals surface area (Å²) in [5.74, 6) is -0.541. The SMILES string of the molecule is Cc1cccc2sc(N(CCCn3ccnc3)C(=O)c3ccc(F)cc3)nc12.Cl. The van der Waals surface area contributed by atoms with Crippen LogP contribution < -0.4 is 4.90 Å². The second-order valence-electron chi connectivity index (χ2n) is 6.54. The first kappa shape index (κ1) is 21.0. The number of thiazole rings is 1. The fourth-order valence-corrected chi connectivity index (χ4v) is 4.12. The molecule has 0 spiro atoms. The fraction of sp³-hybridized carbons (Fsp3) is 0.190. The van der Waals surface area contributed by atoms with Gasteiger partial charge in [-0.2, -0.15) is 0 Å². The lowest BCUT2D eigenvalue weighted by Crippen LogP contribution is -2.32. The van der Waals surface area contributed by atoms with Crippen LogP contribution in [0, 0.1) is 12.7 Å². The maximum atomic E-state index is 13.3. The topological polar surface area (TPSA) is 51.0 Å². The van der Waals surface area contributed by atoms with Gasteiger partial charge in [0.2, 0.25) is 0 Å². The molecule has 2 heterocycles. The van der Waals surface area contributed by atoms with Gasteiger partial charge in [0.05, 0.1) is 16.5 Å². The molecule has 0 aliphatic rings. The summed E-state index contributed by atoms with van der Waals surface area (Å²) in [4.78, 5) is 23.6. The van der Waals surface area contributed by atoms with Gasteiger partial charge in [-0.25, -0.2) is 14.4 Å². The second-order valence-corrected chi connectivity index (χ2v) is 7.54. The van der Waals surface area contributed by atoms with E-state index < -0.39 is 0 Å². The highest BCUT2D eigenvalue weighted by atomic mass is 35.5. The van der Waals surface area contributed by atoms with Crippen LogP contribution in [0.3, 0.4) is 0 Å². The zero-order chi connectivity index (χ0) is 19.5. The van der Waals surface area contributed by atoms with Crippen LogP contribution >= 0.6 is 23.7 Å². The molecule has 0 saturated heterocycles. The fourth-order valence-electron chi connectivity index (χ4n) is 3.05. The molecule has 0 fully saturated rings. The molecule has 150 valence electrons. The first-order valence-corrected chi connectivity index (χ1v) is 9.83. The summed E-state index contributed by atoms with van der Waals surface area (Å²) in [5.41, 5.74) is 2.43. The lowest BCUT2D eigenvalue weighted by atomic mass is 10.2. The Bertz CT molecular complexity index is 1100. The number of amides is 1. The molecule has 0 saturated carbocycles. The summed E-state index contributed by atoms with van der Waals surface area (Å²) < 4.78 is 16.3. The number of aromatic nitrogens is 3. The van der Waals surface area contributed by atoms with E-state index in [1.54, 1.807) is 17.4 Å². The first-order chi connectivity index (χ1) is 13.6. The van der Waals surface area contributed by atoms with Crippen molar-refractivity contribution in [3.8, 4) is 0 Å². The summed E-state index contributed by atoms with van der Waals surface area (Å²) in [6, 6.07) is 11.6. The van der Waals surface area contributed by atoms with Crippen molar-refractivity contribution in [2.24, 2.45) is 0 Å². The quantitative estimate of drug-likeness (QED) is 0.427. The minimum atomic E-state index is -0.362. The van der Waals surface area contributed by atoms with Crippen molar-refractivity contribution in [3.05, 3.63) is 78.1 Å². The van der Waals surface area contributed by atoms with Gasteiger partial charge in [-0.3, -0.25) is 9.69 Å². The van der Waals surface area contributed by atoms with Gasteiger partial charge in [-0.05, 0) is 49.2 Å². The third-order valence-corrected chi connectivity index (χ3v) is 5.58. The van der Waals surface area contributed by atoms with Gasteiger partial charge in [0, 0.05) is 31.0 Å². The van der Waals surface area contributed by atoms with Crippen molar-refractivity contribution in [1.29, 1.82) is 0 Å². The molecule has 4 rings (SSSR count). The summed E-state index contributed by atoms with van der Waals surface area (Å²) in [6.45, 7) is 3.27. The van der Waals surface area contributed by atoms with Gasteiger partial charge < -0.3 is 4.57 Å². The monoisotopic (exact) mass is 430 g/mol. The van der Waals surface area contributed by atoms with Crippen LogP contribution in [0.1, 0.15) is 22.3 Å². The van der Waals surface area contributed by atoms with E-state index in [-0.39, 0.29) is 24.1 Å². The van der Waals surface area contributed by atoms with E-state index in [1.165, 1.54) is 35.6 Å². The number of rotatable bonds is 6. The number of nitrogens with zero attached hydrogens (tertiary/aromatic N) is 4. The zero-order valence-corrected chi connectivity index (χ0v) is 17.4. The number of benzene rings is 2. The minimum Gasteiger partial charge on any atom is -0.337 e. The standard InChI is InChI=1S/C21H19FN4OS.ClH/c1-15-4-2-5-18-19(15)24-21(28-18)26(12-3-11-25-13-10-23-14-25)20(27)16-6-8-17(22)9-7-16;/h2,4-10,13-14H,3,11-12H2,1H3;1H. The van der Waals surface area contributed by atoms with Crippen LogP contribution in [-0.2, 0) is 6.54 Å². The molecule has 0 radical (unpaired) electrons. The maximum absolute atomic E-state index is 13.3. The van der Waals surface area contributed by atoms with E-state index in [2.05, 4.69) is 4.98 Å². The van der Waals surface area contributed by atoms with Crippen molar-refractivity contribution in [3.63, 3.8) is 0 Å². The molecule has 1 amide bonds. The molecule has 29 heavy (non-hydrogen) atoms. The van der Waals surface area contributed by atoms with Crippen LogP contribution in [0.2, 0.25) is 0 Å². The maximum Gasteiger partial charge on any atom is 0.260 e. The Labute approximate surface area is 178 Å². The van der Waals surface area contributed by atoms with Gasteiger partial charge in [0.15, 0.2) is 5.13 Å². The molecule has 0 aliphatic heterocycles. The van der Waals surface area contributed by atoms with Crippen molar-refractivity contribution < 1.29 is 9.18 Å². The highest BCUT2D eigenvalue weighted by Crippen LogP contribution is 2.31. The number of anilines is 1. The minimum absolute atomic E-state index is 0. The van der Waals surface area contributed by atoms with Gasteiger partial charge in [-0.15, -0.1) is 12.4 Å². The molecule has 0 atom stereocenters. The van der Waals surface area contributed by atoms with Crippen LogP contribution in [-0.4, -0.2) is 27.0 Å². The largest absolute Gasteiger partial charge is 0.337 e. The van der Waals surface area contributed by atoms with Crippen LogP contribution in [0.25, 0.3) is 10.2 Å². The first-order valence-electron chi connectivity index (χ1n) is 9.01. The third kappa shape index (κ3) is 4.63. The van der Waals surface area contributed by atoms with E-state index in [4.69, 9.17) is 4.98 Å². The van der Waals surface area contributed by atoms with E-state index in [0.717, 1.165) is 28.7 Å². The van der Waals surface area contributed by atoms with E-state index >= 15 is 0 Å². The summed E-state index contributed by atoms with van der Waals surface area (Å²) in [5, 5.41) is 0.657. The molecule has 0 unspecified atom stereocenters. The summed E-state index contributed by atoms with van der Waals surface area (Å²) >= 11 is 1.49. The van der Waals surface area contributed by atoms with Gasteiger partial charge in [0.1, 0.15) is 5.82 Å². The number of para-hydroxylation sites is 1. The van der Waals surface area contributed by atoms with Crippen LogP contribution in [0.15, 0.2) is 61.2 Å². The molecule has 0 N–H and O–H groups in total. The van der Waals surface area contributed by atoms with Gasteiger partial charge in [0.25, 0.3) is 5.91 Å².